The zero-order valence-electron chi connectivity index (χ0n) is 15.7. The number of carbonyl (C=O) groups excluding carboxylic acids is 3. The Hall–Kier alpha value is -2.59. The van der Waals surface area contributed by atoms with Gasteiger partial charge in [0.2, 0.25) is 17.7 Å². The fourth-order valence-electron chi connectivity index (χ4n) is 2.21. The van der Waals surface area contributed by atoms with Crippen molar-refractivity contribution < 1.29 is 24.3 Å². The quantitative estimate of drug-likeness (QED) is 0.274. The van der Waals surface area contributed by atoms with Gasteiger partial charge in [-0.25, -0.2) is 0 Å². The lowest BCUT2D eigenvalue weighted by Gasteiger charge is -2.22. The second-order valence-electron chi connectivity index (χ2n) is 6.34. The molecule has 4 atom stereocenters. The number of hydrogen-bond donors (Lipinski definition) is 6. The van der Waals surface area contributed by atoms with Crippen molar-refractivity contribution in [3.05, 3.63) is 35.9 Å². The van der Waals surface area contributed by atoms with Gasteiger partial charge in [-0.2, -0.15) is 12.6 Å². The van der Waals surface area contributed by atoms with Crippen LogP contribution in [0, 0.1) is 0 Å². The van der Waals surface area contributed by atoms with E-state index in [-0.39, 0.29) is 5.75 Å². The Balaban J connectivity index is 2.58. The summed E-state index contributed by atoms with van der Waals surface area (Å²) in [4.78, 5) is 47.3. The number of rotatable bonds is 10. The summed E-state index contributed by atoms with van der Waals surface area (Å²) in [5.41, 5.74) is 6.78. The first-order chi connectivity index (χ1) is 13.1. The third-order valence-electron chi connectivity index (χ3n) is 3.93. The number of benzene rings is 1. The molecule has 0 aliphatic carbocycles. The van der Waals surface area contributed by atoms with Crippen LogP contribution in [0.4, 0.5) is 0 Å². The predicted molar refractivity (Wildman–Crippen MR) is 107 cm³/mol. The second-order valence-corrected chi connectivity index (χ2v) is 6.70. The largest absolute Gasteiger partial charge is 0.480 e. The summed E-state index contributed by atoms with van der Waals surface area (Å²) in [7, 11) is 0. The van der Waals surface area contributed by atoms with Crippen molar-refractivity contribution in [1.82, 2.24) is 16.0 Å². The van der Waals surface area contributed by atoms with E-state index in [0.29, 0.717) is 6.42 Å². The third-order valence-corrected chi connectivity index (χ3v) is 4.30. The summed E-state index contributed by atoms with van der Waals surface area (Å²) in [5, 5.41) is 16.0. The maximum atomic E-state index is 12.3. The first-order valence-electron chi connectivity index (χ1n) is 8.70. The number of nitrogens with two attached hydrogens (primary N) is 1. The summed E-state index contributed by atoms with van der Waals surface area (Å²) in [5.74, 6) is -3.00. The second kappa shape index (κ2) is 11.3. The molecule has 9 nitrogen and oxygen atoms in total. The van der Waals surface area contributed by atoms with Crippen molar-refractivity contribution in [2.75, 3.05) is 5.75 Å². The Morgan fingerprint density at radius 1 is 0.964 bits per heavy atom. The molecule has 0 spiro atoms. The number of amides is 3. The maximum Gasteiger partial charge on any atom is 0.325 e. The molecule has 6 N–H and O–H groups in total. The highest BCUT2D eigenvalue weighted by molar-refractivity contribution is 7.80. The Bertz CT molecular complexity index is 700. The van der Waals surface area contributed by atoms with E-state index < -0.39 is 47.9 Å². The average molecular weight is 410 g/mol. The molecule has 1 aromatic carbocycles. The van der Waals surface area contributed by atoms with Crippen molar-refractivity contribution in [3.63, 3.8) is 0 Å². The van der Waals surface area contributed by atoms with E-state index in [4.69, 9.17) is 10.8 Å². The van der Waals surface area contributed by atoms with E-state index >= 15 is 0 Å². The molecule has 0 fully saturated rings. The maximum absolute atomic E-state index is 12.3. The molecule has 3 amide bonds. The molecule has 0 aliphatic rings. The Morgan fingerprint density at radius 2 is 1.54 bits per heavy atom. The topological polar surface area (TPSA) is 151 Å². The molecule has 0 aliphatic heterocycles. The number of aliphatic carboxylic acids is 1. The molecular formula is C18H26N4O5S. The van der Waals surface area contributed by atoms with Crippen LogP contribution in [0.1, 0.15) is 19.4 Å². The van der Waals surface area contributed by atoms with Crippen molar-refractivity contribution in [2.45, 2.75) is 44.4 Å². The van der Waals surface area contributed by atoms with Crippen LogP contribution in [-0.4, -0.2) is 58.7 Å². The molecule has 1 rings (SSSR count). The Kier molecular flexibility index (Phi) is 9.46. The first-order valence-corrected chi connectivity index (χ1v) is 9.33. The molecule has 0 radical (unpaired) electrons. The molecule has 1 aromatic rings. The minimum absolute atomic E-state index is 0.00447. The van der Waals surface area contributed by atoms with Crippen LogP contribution in [0.3, 0.4) is 0 Å². The van der Waals surface area contributed by atoms with Gasteiger partial charge in [-0.15, -0.1) is 0 Å². The lowest BCUT2D eigenvalue weighted by Crippen LogP contribution is -2.56. The van der Waals surface area contributed by atoms with Gasteiger partial charge in [0.05, 0.1) is 6.04 Å². The fourth-order valence-corrected chi connectivity index (χ4v) is 2.47. The minimum atomic E-state index is -1.19. The number of hydrogen-bond acceptors (Lipinski definition) is 6. The van der Waals surface area contributed by atoms with Crippen molar-refractivity contribution in [3.8, 4) is 0 Å². The predicted octanol–water partition coefficient (Wildman–Crippen LogP) is -0.935. The van der Waals surface area contributed by atoms with Crippen LogP contribution in [0.25, 0.3) is 0 Å². The zero-order valence-corrected chi connectivity index (χ0v) is 16.6. The highest BCUT2D eigenvalue weighted by atomic mass is 32.1. The van der Waals surface area contributed by atoms with Crippen LogP contribution in [0.2, 0.25) is 0 Å². The SMILES string of the molecule is CC(NC(=O)C(C)NC(=O)C(CS)NC(=O)C(N)Cc1ccccc1)C(=O)O. The average Bonchev–Trinajstić information content (AvgIpc) is 2.66. The summed E-state index contributed by atoms with van der Waals surface area (Å²) in [6.45, 7) is 2.71. The zero-order chi connectivity index (χ0) is 21.3. The Labute approximate surface area is 168 Å². The number of carboxylic acids is 1. The van der Waals surface area contributed by atoms with Crippen molar-refractivity contribution in [1.29, 1.82) is 0 Å². The molecule has 0 bridgehead atoms. The smallest absolute Gasteiger partial charge is 0.325 e. The van der Waals surface area contributed by atoms with E-state index in [0.717, 1.165) is 5.56 Å². The third kappa shape index (κ3) is 7.57. The van der Waals surface area contributed by atoms with Crippen LogP contribution in [0.15, 0.2) is 30.3 Å². The number of nitrogens with one attached hydrogen (secondary N) is 3. The van der Waals surface area contributed by atoms with Crippen LogP contribution >= 0.6 is 12.6 Å². The molecule has 10 heteroatoms. The number of carbonyl (C=O) groups is 4. The van der Waals surface area contributed by atoms with E-state index in [1.54, 1.807) is 0 Å². The molecule has 4 unspecified atom stereocenters. The molecule has 154 valence electrons. The lowest BCUT2D eigenvalue weighted by molar-refractivity contribution is -0.141. The highest BCUT2D eigenvalue weighted by Crippen LogP contribution is 2.02. The highest BCUT2D eigenvalue weighted by Gasteiger charge is 2.26. The van der Waals surface area contributed by atoms with Gasteiger partial charge in [0.15, 0.2) is 0 Å². The lowest BCUT2D eigenvalue weighted by atomic mass is 10.1. The normalized spacial score (nSPS) is 14.9. The summed E-state index contributed by atoms with van der Waals surface area (Å²) >= 11 is 4.06. The summed E-state index contributed by atoms with van der Waals surface area (Å²) < 4.78 is 0. The monoisotopic (exact) mass is 410 g/mol. The van der Waals surface area contributed by atoms with Gasteiger partial charge in [0, 0.05) is 5.75 Å². The van der Waals surface area contributed by atoms with Gasteiger partial charge < -0.3 is 26.8 Å². The van der Waals surface area contributed by atoms with Crippen LogP contribution < -0.4 is 21.7 Å². The van der Waals surface area contributed by atoms with Gasteiger partial charge in [-0.3, -0.25) is 19.2 Å². The van der Waals surface area contributed by atoms with E-state index in [1.165, 1.54) is 13.8 Å². The van der Waals surface area contributed by atoms with Gasteiger partial charge in [0.1, 0.15) is 18.1 Å². The van der Waals surface area contributed by atoms with Crippen molar-refractivity contribution >= 4 is 36.3 Å². The molecule has 0 saturated carbocycles. The molecule has 0 heterocycles. The van der Waals surface area contributed by atoms with E-state index in [2.05, 4.69) is 28.6 Å². The molecule has 0 saturated heterocycles. The first kappa shape index (κ1) is 23.4. The number of carboxylic acid groups (broad SMARTS) is 1. The van der Waals surface area contributed by atoms with Gasteiger partial charge in [0.25, 0.3) is 0 Å². The van der Waals surface area contributed by atoms with Gasteiger partial charge in [-0.1, -0.05) is 30.3 Å². The van der Waals surface area contributed by atoms with Crippen LogP contribution in [0.5, 0.6) is 0 Å². The fraction of sp³-hybridized carbons (Fsp3) is 0.444. The van der Waals surface area contributed by atoms with Crippen molar-refractivity contribution in [2.24, 2.45) is 5.73 Å². The summed E-state index contributed by atoms with van der Waals surface area (Å²) in [6.07, 6.45) is 0.305. The van der Waals surface area contributed by atoms with Gasteiger partial charge in [-0.05, 0) is 25.8 Å². The molecule has 0 aromatic heterocycles. The van der Waals surface area contributed by atoms with Gasteiger partial charge >= 0.3 is 5.97 Å². The summed E-state index contributed by atoms with van der Waals surface area (Å²) in [6, 6.07) is 5.27. The minimum Gasteiger partial charge on any atom is -0.480 e. The molecular weight excluding hydrogens is 384 g/mol. The standard InChI is InChI=1S/C18H26N4O5S/c1-10(15(23)21-11(2)18(26)27)20-17(25)14(9-28)22-16(24)13(19)8-12-6-4-3-5-7-12/h3-7,10-11,13-14,28H,8-9,19H2,1-2H3,(H,20,25)(H,21,23)(H,22,24)(H,26,27). The Morgan fingerprint density at radius 3 is 2.07 bits per heavy atom. The van der Waals surface area contributed by atoms with Crippen LogP contribution in [-0.2, 0) is 25.6 Å². The molecule has 28 heavy (non-hydrogen) atoms. The number of thiol groups is 1. The van der Waals surface area contributed by atoms with E-state index in [9.17, 15) is 19.2 Å². The van der Waals surface area contributed by atoms with E-state index in [1.807, 2.05) is 30.3 Å².